The number of benzene rings is 2. The minimum absolute atomic E-state index is 0.399. The Labute approximate surface area is 130 Å². The van der Waals surface area contributed by atoms with Gasteiger partial charge in [-0.05, 0) is 51.6 Å². The van der Waals surface area contributed by atoms with Gasteiger partial charge in [-0.3, -0.25) is 10.0 Å². The Morgan fingerprint density at radius 3 is 2.87 bits per heavy atom. The first-order valence-corrected chi connectivity index (χ1v) is 6.99. The van der Waals surface area contributed by atoms with Crippen molar-refractivity contribution in [2.24, 2.45) is 0 Å². The number of nitrogens with one attached hydrogen (secondary N) is 1. The Morgan fingerprint density at radius 2 is 2.00 bits per heavy atom. The lowest BCUT2D eigenvalue weighted by Crippen LogP contribution is -2.18. The third-order valence-corrected chi connectivity index (χ3v) is 3.81. The number of carbonyl (C=O) groups is 1. The molecule has 7 nitrogen and oxygen atoms in total. The monoisotopic (exact) mass is 308 g/mol. The van der Waals surface area contributed by atoms with Crippen LogP contribution in [0.25, 0.3) is 21.9 Å². The van der Waals surface area contributed by atoms with Gasteiger partial charge < -0.3 is 4.57 Å². The molecule has 0 saturated heterocycles. The molecular formula is C16H12N4O3. The summed E-state index contributed by atoms with van der Waals surface area (Å²) in [6.07, 6.45) is 1.95. The normalized spacial score (nSPS) is 11.2. The lowest BCUT2D eigenvalue weighted by molar-refractivity contribution is 0.0706. The molecule has 4 aromatic rings. The van der Waals surface area contributed by atoms with Gasteiger partial charge in [-0.2, -0.15) is 0 Å². The zero-order chi connectivity index (χ0) is 15.8. The zero-order valence-electron chi connectivity index (χ0n) is 11.9. The SMILES string of the molecule is O=C(NO)c1ccc2ccn(Cc3ccc4nonc4c3)c2c1. The fraction of sp³-hybridized carbons (Fsp3) is 0.0625. The summed E-state index contributed by atoms with van der Waals surface area (Å²) in [7, 11) is 0. The van der Waals surface area contributed by atoms with Crippen molar-refractivity contribution in [1.29, 1.82) is 0 Å². The van der Waals surface area contributed by atoms with Crippen molar-refractivity contribution >= 4 is 27.8 Å². The molecule has 2 N–H and O–H groups in total. The van der Waals surface area contributed by atoms with Gasteiger partial charge in [0.05, 0.1) is 0 Å². The molecule has 114 valence electrons. The molecule has 0 aliphatic rings. The molecule has 0 saturated carbocycles. The molecule has 0 atom stereocenters. The van der Waals surface area contributed by atoms with Gasteiger partial charge >= 0.3 is 0 Å². The standard InChI is InChI=1S/C16H12N4O3/c21-16(17-22)12-3-2-11-5-6-20(15(11)8-12)9-10-1-4-13-14(7-10)19-23-18-13/h1-8,22H,9H2,(H,17,21). The van der Waals surface area contributed by atoms with Crippen molar-refractivity contribution in [3.63, 3.8) is 0 Å². The molecule has 23 heavy (non-hydrogen) atoms. The summed E-state index contributed by atoms with van der Waals surface area (Å²) in [6, 6.07) is 13.0. The van der Waals surface area contributed by atoms with Gasteiger partial charge in [-0.1, -0.05) is 12.1 Å². The number of hydrogen-bond donors (Lipinski definition) is 2. The van der Waals surface area contributed by atoms with Crippen molar-refractivity contribution in [3.8, 4) is 0 Å². The number of nitrogens with zero attached hydrogens (tertiary/aromatic N) is 3. The quantitative estimate of drug-likeness (QED) is 0.447. The molecule has 2 aromatic heterocycles. The van der Waals surface area contributed by atoms with Crippen LogP contribution in [0.4, 0.5) is 0 Å². The van der Waals surface area contributed by atoms with Gasteiger partial charge in [0.1, 0.15) is 11.0 Å². The van der Waals surface area contributed by atoms with Gasteiger partial charge in [-0.15, -0.1) is 0 Å². The van der Waals surface area contributed by atoms with Crippen LogP contribution >= 0.6 is 0 Å². The molecule has 0 radical (unpaired) electrons. The number of rotatable bonds is 3. The number of hydrogen-bond acceptors (Lipinski definition) is 5. The van der Waals surface area contributed by atoms with E-state index >= 15 is 0 Å². The second kappa shape index (κ2) is 5.22. The lowest BCUT2D eigenvalue weighted by atomic mass is 10.1. The molecule has 0 unspecified atom stereocenters. The molecule has 4 rings (SSSR count). The molecule has 2 heterocycles. The van der Waals surface area contributed by atoms with Crippen LogP contribution in [0, 0.1) is 0 Å². The smallest absolute Gasteiger partial charge is 0.274 e. The van der Waals surface area contributed by atoms with E-state index in [1.807, 2.05) is 41.1 Å². The first-order chi connectivity index (χ1) is 11.2. The molecule has 1 amide bonds. The van der Waals surface area contributed by atoms with Crippen LogP contribution < -0.4 is 5.48 Å². The molecule has 7 heteroatoms. The van der Waals surface area contributed by atoms with Crippen LogP contribution in [0.1, 0.15) is 15.9 Å². The summed E-state index contributed by atoms with van der Waals surface area (Å²) < 4.78 is 6.73. The summed E-state index contributed by atoms with van der Waals surface area (Å²) in [5.41, 5.74) is 5.42. The van der Waals surface area contributed by atoms with E-state index in [0.29, 0.717) is 23.1 Å². The maximum atomic E-state index is 11.6. The number of carbonyl (C=O) groups excluding carboxylic acids is 1. The van der Waals surface area contributed by atoms with E-state index in [-0.39, 0.29) is 0 Å². The zero-order valence-corrected chi connectivity index (χ0v) is 11.9. The second-order valence-corrected chi connectivity index (χ2v) is 5.25. The first-order valence-electron chi connectivity index (χ1n) is 6.99. The van der Waals surface area contributed by atoms with Gasteiger partial charge in [0.15, 0.2) is 0 Å². The molecule has 0 aliphatic carbocycles. The molecule has 0 bridgehead atoms. The fourth-order valence-corrected chi connectivity index (χ4v) is 2.65. The average Bonchev–Trinajstić information content (AvgIpc) is 3.20. The third kappa shape index (κ3) is 2.33. The van der Waals surface area contributed by atoms with Crippen molar-refractivity contribution < 1.29 is 14.6 Å². The highest BCUT2D eigenvalue weighted by Gasteiger charge is 2.09. The predicted molar refractivity (Wildman–Crippen MR) is 82.1 cm³/mol. The summed E-state index contributed by atoms with van der Waals surface area (Å²) >= 11 is 0. The maximum absolute atomic E-state index is 11.6. The van der Waals surface area contributed by atoms with Crippen molar-refractivity contribution in [3.05, 3.63) is 59.8 Å². The largest absolute Gasteiger partial charge is 0.343 e. The van der Waals surface area contributed by atoms with E-state index in [2.05, 4.69) is 10.3 Å². The summed E-state index contributed by atoms with van der Waals surface area (Å²) in [6.45, 7) is 0.622. The maximum Gasteiger partial charge on any atom is 0.274 e. The Bertz CT molecular complexity index is 1020. The lowest BCUT2D eigenvalue weighted by Gasteiger charge is -2.07. The highest BCUT2D eigenvalue weighted by atomic mass is 16.6. The van der Waals surface area contributed by atoms with E-state index < -0.39 is 5.91 Å². The van der Waals surface area contributed by atoms with Crippen molar-refractivity contribution in [2.75, 3.05) is 0 Å². The highest BCUT2D eigenvalue weighted by molar-refractivity contribution is 5.97. The average molecular weight is 308 g/mol. The fourth-order valence-electron chi connectivity index (χ4n) is 2.65. The number of hydroxylamine groups is 1. The Balaban J connectivity index is 1.74. The van der Waals surface area contributed by atoms with E-state index in [9.17, 15) is 4.79 Å². The Morgan fingerprint density at radius 1 is 1.13 bits per heavy atom. The summed E-state index contributed by atoms with van der Waals surface area (Å²) in [5.74, 6) is -0.533. The van der Waals surface area contributed by atoms with Crippen LogP contribution in [0.3, 0.4) is 0 Å². The summed E-state index contributed by atoms with van der Waals surface area (Å²) in [4.78, 5) is 11.6. The highest BCUT2D eigenvalue weighted by Crippen LogP contribution is 2.20. The van der Waals surface area contributed by atoms with Crippen LogP contribution in [-0.4, -0.2) is 26.0 Å². The number of fused-ring (bicyclic) bond motifs is 2. The number of amides is 1. The first kappa shape index (κ1) is 13.5. The van der Waals surface area contributed by atoms with E-state index in [1.54, 1.807) is 17.6 Å². The van der Waals surface area contributed by atoms with E-state index in [0.717, 1.165) is 16.5 Å². The minimum Gasteiger partial charge on any atom is -0.343 e. The van der Waals surface area contributed by atoms with Crippen LogP contribution in [0.15, 0.2) is 53.3 Å². The molecule has 0 fully saturated rings. The molecule has 0 spiro atoms. The summed E-state index contributed by atoms with van der Waals surface area (Å²) in [5, 5.41) is 17.4. The topological polar surface area (TPSA) is 93.2 Å². The van der Waals surface area contributed by atoms with Crippen molar-refractivity contribution in [1.82, 2.24) is 20.4 Å². The minimum atomic E-state index is -0.533. The van der Waals surface area contributed by atoms with Crippen LogP contribution in [-0.2, 0) is 6.54 Å². The Kier molecular flexibility index (Phi) is 3.06. The van der Waals surface area contributed by atoms with Gasteiger partial charge in [0.2, 0.25) is 0 Å². The number of aromatic nitrogens is 3. The molecule has 2 aromatic carbocycles. The van der Waals surface area contributed by atoms with Crippen LogP contribution in [0.2, 0.25) is 0 Å². The second-order valence-electron chi connectivity index (χ2n) is 5.25. The van der Waals surface area contributed by atoms with Gasteiger partial charge in [0, 0.05) is 23.8 Å². The van der Waals surface area contributed by atoms with Crippen LogP contribution in [0.5, 0.6) is 0 Å². The Hall–Kier alpha value is -3.19. The van der Waals surface area contributed by atoms with Gasteiger partial charge in [-0.25, -0.2) is 10.1 Å². The third-order valence-electron chi connectivity index (χ3n) is 3.81. The predicted octanol–water partition coefficient (Wildman–Crippen LogP) is 2.34. The molecule has 0 aliphatic heterocycles. The van der Waals surface area contributed by atoms with E-state index in [4.69, 9.17) is 9.84 Å². The van der Waals surface area contributed by atoms with E-state index in [1.165, 1.54) is 0 Å². The van der Waals surface area contributed by atoms with Crippen molar-refractivity contribution in [2.45, 2.75) is 6.54 Å². The van der Waals surface area contributed by atoms with Gasteiger partial charge in [0.25, 0.3) is 5.91 Å². The molecular weight excluding hydrogens is 296 g/mol.